The Kier molecular flexibility index (Phi) is 3.95. The zero-order chi connectivity index (χ0) is 15.6. The molecule has 1 aromatic carbocycles. The van der Waals surface area contributed by atoms with Crippen molar-refractivity contribution in [2.45, 2.75) is 18.7 Å². The maximum absolute atomic E-state index is 12.4. The highest BCUT2D eigenvalue weighted by Gasteiger charge is 2.21. The Labute approximate surface area is 122 Å². The van der Waals surface area contributed by atoms with Crippen molar-refractivity contribution in [3.05, 3.63) is 53.2 Å². The van der Waals surface area contributed by atoms with Gasteiger partial charge in [-0.15, -0.1) is 0 Å². The molecule has 110 valence electrons. The molecule has 0 bridgehead atoms. The first kappa shape index (κ1) is 15.0. The number of pyridine rings is 1. The quantitative estimate of drug-likeness (QED) is 0.902. The van der Waals surface area contributed by atoms with E-state index in [2.05, 4.69) is 9.71 Å². The lowest BCUT2D eigenvalue weighted by atomic mass is 10.1. The van der Waals surface area contributed by atoms with Crippen molar-refractivity contribution in [3.63, 3.8) is 0 Å². The fraction of sp³-hybridized carbons (Fsp3) is 0.143. The molecule has 0 unspecified atom stereocenters. The number of carbonyl (C=O) groups is 1. The van der Waals surface area contributed by atoms with Gasteiger partial charge in [-0.3, -0.25) is 4.72 Å². The van der Waals surface area contributed by atoms with Crippen LogP contribution in [0.5, 0.6) is 0 Å². The summed E-state index contributed by atoms with van der Waals surface area (Å²) in [5.41, 5.74) is 1.03. The van der Waals surface area contributed by atoms with Crippen molar-refractivity contribution in [1.82, 2.24) is 4.98 Å². The average molecular weight is 306 g/mol. The van der Waals surface area contributed by atoms with Gasteiger partial charge in [-0.2, -0.15) is 0 Å². The minimum atomic E-state index is -3.90. The van der Waals surface area contributed by atoms with Crippen LogP contribution in [-0.2, 0) is 10.0 Å². The third kappa shape index (κ3) is 3.19. The van der Waals surface area contributed by atoms with Crippen LogP contribution in [0, 0.1) is 13.8 Å². The summed E-state index contributed by atoms with van der Waals surface area (Å²) in [7, 11) is -3.90. The number of hydrogen-bond acceptors (Lipinski definition) is 4. The van der Waals surface area contributed by atoms with Crippen molar-refractivity contribution in [3.8, 4) is 0 Å². The van der Waals surface area contributed by atoms with Crippen LogP contribution in [0.4, 0.5) is 5.82 Å². The molecule has 0 spiro atoms. The van der Waals surface area contributed by atoms with Crippen LogP contribution < -0.4 is 4.72 Å². The fourth-order valence-corrected chi connectivity index (χ4v) is 3.20. The first-order valence-corrected chi connectivity index (χ1v) is 7.58. The van der Waals surface area contributed by atoms with E-state index in [1.54, 1.807) is 26.0 Å². The van der Waals surface area contributed by atoms with Crippen LogP contribution in [-0.4, -0.2) is 24.5 Å². The third-order valence-corrected chi connectivity index (χ3v) is 4.54. The van der Waals surface area contributed by atoms with E-state index in [4.69, 9.17) is 5.11 Å². The van der Waals surface area contributed by atoms with Gasteiger partial charge in [0.05, 0.1) is 10.5 Å². The molecule has 0 aliphatic rings. The van der Waals surface area contributed by atoms with Crippen LogP contribution in [0.2, 0.25) is 0 Å². The van der Waals surface area contributed by atoms with E-state index in [9.17, 15) is 13.2 Å². The average Bonchev–Trinajstić information content (AvgIpc) is 2.41. The van der Waals surface area contributed by atoms with Gasteiger partial charge in [0, 0.05) is 6.20 Å². The Morgan fingerprint density at radius 3 is 2.52 bits per heavy atom. The van der Waals surface area contributed by atoms with Crippen LogP contribution >= 0.6 is 0 Å². The smallest absolute Gasteiger partial charge is 0.335 e. The van der Waals surface area contributed by atoms with Gasteiger partial charge in [0.2, 0.25) is 0 Å². The van der Waals surface area contributed by atoms with E-state index in [-0.39, 0.29) is 16.3 Å². The Bertz CT molecular complexity index is 786. The molecule has 6 nitrogen and oxygen atoms in total. The number of sulfonamides is 1. The van der Waals surface area contributed by atoms with Crippen LogP contribution in [0.1, 0.15) is 21.5 Å². The van der Waals surface area contributed by atoms with Gasteiger partial charge >= 0.3 is 5.97 Å². The minimum Gasteiger partial charge on any atom is -0.478 e. The molecule has 7 heteroatoms. The molecule has 0 aliphatic carbocycles. The highest BCUT2D eigenvalue weighted by atomic mass is 32.2. The van der Waals surface area contributed by atoms with E-state index in [1.807, 2.05) is 0 Å². The molecule has 0 saturated carbocycles. The highest BCUT2D eigenvalue weighted by molar-refractivity contribution is 7.92. The Morgan fingerprint density at radius 1 is 1.24 bits per heavy atom. The first-order chi connectivity index (χ1) is 9.81. The van der Waals surface area contributed by atoms with Gasteiger partial charge in [0.1, 0.15) is 5.82 Å². The zero-order valence-electron chi connectivity index (χ0n) is 11.5. The molecule has 21 heavy (non-hydrogen) atoms. The van der Waals surface area contributed by atoms with E-state index in [1.165, 1.54) is 18.3 Å². The Hall–Kier alpha value is -2.41. The number of carboxylic acid groups (broad SMARTS) is 1. The third-order valence-electron chi connectivity index (χ3n) is 3.06. The summed E-state index contributed by atoms with van der Waals surface area (Å²) in [6, 6.07) is 7.42. The predicted octanol–water partition coefficient (Wildman–Crippen LogP) is 2.20. The second-order valence-corrected chi connectivity index (χ2v) is 6.19. The van der Waals surface area contributed by atoms with Gasteiger partial charge in [0.15, 0.2) is 0 Å². The standard InChI is InChI=1S/C14H14N2O4S/c1-9-7-11(14(17)18)8-12(10(9)2)21(19,20)16-13-5-3-4-6-15-13/h3-8H,1-2H3,(H,15,16)(H,17,18). The maximum atomic E-state index is 12.4. The van der Waals surface area contributed by atoms with E-state index in [0.29, 0.717) is 11.1 Å². The molecule has 2 N–H and O–H groups in total. The molecular formula is C14H14N2O4S. The summed E-state index contributed by atoms with van der Waals surface area (Å²) >= 11 is 0. The first-order valence-electron chi connectivity index (χ1n) is 6.09. The monoisotopic (exact) mass is 306 g/mol. The van der Waals surface area contributed by atoms with E-state index < -0.39 is 16.0 Å². The number of anilines is 1. The summed E-state index contributed by atoms with van der Waals surface area (Å²) in [5, 5.41) is 9.05. The second-order valence-electron chi connectivity index (χ2n) is 4.54. The molecule has 1 aromatic heterocycles. The van der Waals surface area contributed by atoms with Crippen molar-refractivity contribution >= 4 is 21.8 Å². The SMILES string of the molecule is Cc1cc(C(=O)O)cc(S(=O)(=O)Nc2ccccn2)c1C. The van der Waals surface area contributed by atoms with Gasteiger partial charge in [-0.05, 0) is 49.2 Å². The summed E-state index contributed by atoms with van der Waals surface area (Å²) in [5.74, 6) is -0.998. The van der Waals surface area contributed by atoms with Gasteiger partial charge in [0.25, 0.3) is 10.0 Å². The fourth-order valence-electron chi connectivity index (χ4n) is 1.85. The highest BCUT2D eigenvalue weighted by Crippen LogP contribution is 2.23. The number of nitrogens with one attached hydrogen (secondary N) is 1. The van der Waals surface area contributed by atoms with Gasteiger partial charge < -0.3 is 5.11 Å². The molecule has 2 rings (SSSR count). The molecule has 0 amide bonds. The number of aryl methyl sites for hydroxylation is 1. The number of aromatic nitrogens is 1. The minimum absolute atomic E-state index is 0.0643. The predicted molar refractivity (Wildman–Crippen MR) is 77.9 cm³/mol. The van der Waals surface area contributed by atoms with Gasteiger partial charge in [-0.1, -0.05) is 6.07 Å². The molecular weight excluding hydrogens is 292 g/mol. The lowest BCUT2D eigenvalue weighted by molar-refractivity contribution is 0.0696. The molecule has 1 heterocycles. The lowest BCUT2D eigenvalue weighted by Crippen LogP contribution is -2.16. The number of aromatic carboxylic acids is 1. The molecule has 2 aromatic rings. The van der Waals surface area contributed by atoms with Crippen LogP contribution in [0.15, 0.2) is 41.4 Å². The molecule has 0 saturated heterocycles. The summed E-state index contributed by atoms with van der Waals surface area (Å²) in [6.45, 7) is 3.30. The van der Waals surface area contributed by atoms with Crippen molar-refractivity contribution in [2.75, 3.05) is 4.72 Å². The summed E-state index contributed by atoms with van der Waals surface area (Å²) in [4.78, 5) is 14.9. The van der Waals surface area contributed by atoms with Crippen LogP contribution in [0.25, 0.3) is 0 Å². The maximum Gasteiger partial charge on any atom is 0.335 e. The molecule has 0 radical (unpaired) electrons. The normalized spacial score (nSPS) is 11.1. The largest absolute Gasteiger partial charge is 0.478 e. The number of hydrogen-bond donors (Lipinski definition) is 2. The topological polar surface area (TPSA) is 96.4 Å². The number of nitrogens with zero attached hydrogens (tertiary/aromatic N) is 1. The Morgan fingerprint density at radius 2 is 1.95 bits per heavy atom. The zero-order valence-corrected chi connectivity index (χ0v) is 12.3. The van der Waals surface area contributed by atoms with E-state index in [0.717, 1.165) is 6.07 Å². The molecule has 0 atom stereocenters. The number of benzene rings is 1. The Balaban J connectivity index is 2.52. The lowest BCUT2D eigenvalue weighted by Gasteiger charge is -2.12. The van der Waals surface area contributed by atoms with E-state index >= 15 is 0 Å². The second kappa shape index (κ2) is 5.53. The van der Waals surface area contributed by atoms with Crippen LogP contribution in [0.3, 0.4) is 0 Å². The summed E-state index contributed by atoms with van der Waals surface area (Å²) < 4.78 is 27.1. The van der Waals surface area contributed by atoms with Crippen molar-refractivity contribution < 1.29 is 18.3 Å². The van der Waals surface area contributed by atoms with Crippen molar-refractivity contribution in [1.29, 1.82) is 0 Å². The molecule has 0 aliphatic heterocycles. The summed E-state index contributed by atoms with van der Waals surface area (Å²) in [6.07, 6.45) is 1.46. The number of carboxylic acids is 1. The molecule has 0 fully saturated rings. The van der Waals surface area contributed by atoms with Gasteiger partial charge in [-0.25, -0.2) is 18.2 Å². The van der Waals surface area contributed by atoms with Crippen molar-refractivity contribution in [2.24, 2.45) is 0 Å². The number of rotatable bonds is 4.